The average molecular weight is 345 g/mol. The number of nitrogens with one attached hydrogen (secondary N) is 1. The van der Waals surface area contributed by atoms with Gasteiger partial charge in [-0.05, 0) is 52.7 Å². The molecule has 1 N–H and O–H groups in total. The lowest BCUT2D eigenvalue weighted by Gasteiger charge is -2.11. The molecule has 0 aliphatic carbocycles. The van der Waals surface area contributed by atoms with Gasteiger partial charge in [-0.25, -0.2) is 4.98 Å². The molecule has 0 bridgehead atoms. The highest BCUT2D eigenvalue weighted by atomic mass is 79.9. The van der Waals surface area contributed by atoms with Crippen LogP contribution >= 0.6 is 15.9 Å². The molecule has 2 nitrogen and oxygen atoms in total. The summed E-state index contributed by atoms with van der Waals surface area (Å²) in [6, 6.07) is 8.89. The van der Waals surface area contributed by atoms with E-state index in [0.29, 0.717) is 12.1 Å². The van der Waals surface area contributed by atoms with Gasteiger partial charge >= 0.3 is 6.18 Å². The fourth-order valence-corrected chi connectivity index (χ4v) is 2.17. The van der Waals surface area contributed by atoms with Crippen LogP contribution in [0.5, 0.6) is 0 Å². The number of halogens is 4. The van der Waals surface area contributed by atoms with Crippen molar-refractivity contribution in [3.63, 3.8) is 0 Å². The predicted octanol–water partition coefficient (Wildman–Crippen LogP) is 4.78. The van der Waals surface area contributed by atoms with Gasteiger partial charge in [0.2, 0.25) is 0 Å². The number of pyridine rings is 1. The molecule has 0 saturated carbocycles. The van der Waals surface area contributed by atoms with Crippen molar-refractivity contribution in [3.05, 3.63) is 57.8 Å². The van der Waals surface area contributed by atoms with Crippen molar-refractivity contribution in [1.82, 2.24) is 4.98 Å². The summed E-state index contributed by atoms with van der Waals surface area (Å²) in [4.78, 5) is 4.22. The Kier molecular flexibility index (Phi) is 4.32. The average Bonchev–Trinajstić information content (AvgIpc) is 2.37. The third-order valence-corrected chi connectivity index (χ3v) is 3.23. The summed E-state index contributed by atoms with van der Waals surface area (Å²) in [5, 5.41) is 3.08. The molecule has 0 spiro atoms. The maximum absolute atomic E-state index is 12.6. The quantitative estimate of drug-likeness (QED) is 0.810. The molecule has 0 saturated heterocycles. The fourth-order valence-electron chi connectivity index (χ4n) is 1.77. The Morgan fingerprint density at radius 2 is 1.95 bits per heavy atom. The first-order valence-electron chi connectivity index (χ1n) is 5.89. The molecule has 0 fully saturated rings. The van der Waals surface area contributed by atoms with E-state index in [4.69, 9.17) is 0 Å². The number of aromatic nitrogens is 1. The molecule has 0 radical (unpaired) electrons. The molecule has 106 valence electrons. The normalized spacial score (nSPS) is 11.4. The molecule has 0 aliphatic heterocycles. The van der Waals surface area contributed by atoms with Gasteiger partial charge in [0.05, 0.1) is 16.9 Å². The van der Waals surface area contributed by atoms with Gasteiger partial charge in [0, 0.05) is 6.54 Å². The summed E-state index contributed by atoms with van der Waals surface area (Å²) in [6.45, 7) is 2.15. The van der Waals surface area contributed by atoms with Crippen molar-refractivity contribution in [2.45, 2.75) is 19.6 Å². The van der Waals surface area contributed by atoms with Gasteiger partial charge in [-0.15, -0.1) is 0 Å². The highest BCUT2D eigenvalue weighted by Crippen LogP contribution is 2.29. The second-order valence-corrected chi connectivity index (χ2v) is 5.13. The Labute approximate surface area is 123 Å². The first-order valence-corrected chi connectivity index (χ1v) is 6.69. The van der Waals surface area contributed by atoms with Crippen LogP contribution < -0.4 is 5.32 Å². The molecule has 2 rings (SSSR count). The van der Waals surface area contributed by atoms with Crippen molar-refractivity contribution in [2.75, 3.05) is 5.32 Å². The van der Waals surface area contributed by atoms with Gasteiger partial charge in [0.1, 0.15) is 4.60 Å². The van der Waals surface area contributed by atoms with Crippen molar-refractivity contribution >= 4 is 21.6 Å². The number of alkyl halides is 3. The van der Waals surface area contributed by atoms with E-state index in [2.05, 4.69) is 26.2 Å². The molecule has 6 heteroatoms. The number of nitrogens with zero attached hydrogens (tertiary/aromatic N) is 1. The van der Waals surface area contributed by atoms with E-state index in [1.807, 2.05) is 13.0 Å². The Balaban J connectivity index is 2.11. The number of anilines is 1. The second kappa shape index (κ2) is 5.83. The van der Waals surface area contributed by atoms with Crippen LogP contribution in [0.1, 0.15) is 16.8 Å². The van der Waals surface area contributed by atoms with Gasteiger partial charge in [0.25, 0.3) is 0 Å². The molecule has 0 aliphatic rings. The SMILES string of the molecule is Cc1nc(Br)ccc1NCc1cccc(C(F)(F)F)c1. The molecule has 2 aromatic rings. The zero-order valence-corrected chi connectivity index (χ0v) is 12.2. The number of hydrogen-bond acceptors (Lipinski definition) is 2. The number of aryl methyl sites for hydroxylation is 1. The smallest absolute Gasteiger partial charge is 0.380 e. The molecule has 0 atom stereocenters. The number of benzene rings is 1. The topological polar surface area (TPSA) is 24.9 Å². The van der Waals surface area contributed by atoms with Gasteiger partial charge < -0.3 is 5.32 Å². The van der Waals surface area contributed by atoms with E-state index in [0.717, 1.165) is 28.1 Å². The Morgan fingerprint density at radius 1 is 1.20 bits per heavy atom. The van der Waals surface area contributed by atoms with E-state index >= 15 is 0 Å². The van der Waals surface area contributed by atoms with Crippen molar-refractivity contribution < 1.29 is 13.2 Å². The van der Waals surface area contributed by atoms with Crippen LogP contribution in [0.15, 0.2) is 41.0 Å². The summed E-state index contributed by atoms with van der Waals surface area (Å²) in [5.41, 5.74) is 1.52. The molecular weight excluding hydrogens is 333 g/mol. The van der Waals surface area contributed by atoms with Crippen LogP contribution in [0.4, 0.5) is 18.9 Å². The summed E-state index contributed by atoms with van der Waals surface area (Å²) < 4.78 is 38.5. The lowest BCUT2D eigenvalue weighted by Crippen LogP contribution is -2.07. The highest BCUT2D eigenvalue weighted by molar-refractivity contribution is 9.10. The second-order valence-electron chi connectivity index (χ2n) is 4.32. The van der Waals surface area contributed by atoms with Gasteiger partial charge in [-0.3, -0.25) is 0 Å². The maximum atomic E-state index is 12.6. The van der Waals surface area contributed by atoms with Crippen LogP contribution in [-0.4, -0.2) is 4.98 Å². The summed E-state index contributed by atoms with van der Waals surface area (Å²) in [5.74, 6) is 0. The van der Waals surface area contributed by atoms with Crippen LogP contribution in [-0.2, 0) is 12.7 Å². The highest BCUT2D eigenvalue weighted by Gasteiger charge is 2.30. The Hall–Kier alpha value is -1.56. The summed E-state index contributed by atoms with van der Waals surface area (Å²) in [7, 11) is 0. The Morgan fingerprint density at radius 3 is 2.60 bits per heavy atom. The van der Waals surface area contributed by atoms with E-state index in [1.165, 1.54) is 6.07 Å². The standard InChI is InChI=1S/C14H12BrF3N2/c1-9-12(5-6-13(15)20-9)19-8-10-3-2-4-11(7-10)14(16,17)18/h2-7,19H,8H2,1H3. The minimum Gasteiger partial charge on any atom is -0.380 e. The van der Waals surface area contributed by atoms with Crippen LogP contribution in [0, 0.1) is 6.92 Å². The third-order valence-electron chi connectivity index (χ3n) is 2.79. The molecule has 0 amide bonds. The molecule has 1 aromatic heterocycles. The Bertz CT molecular complexity index is 612. The lowest BCUT2D eigenvalue weighted by molar-refractivity contribution is -0.137. The van der Waals surface area contributed by atoms with E-state index < -0.39 is 11.7 Å². The summed E-state index contributed by atoms with van der Waals surface area (Å²) in [6.07, 6.45) is -4.31. The predicted molar refractivity (Wildman–Crippen MR) is 75.4 cm³/mol. The van der Waals surface area contributed by atoms with Crippen molar-refractivity contribution in [3.8, 4) is 0 Å². The monoisotopic (exact) mass is 344 g/mol. The van der Waals surface area contributed by atoms with Crippen LogP contribution in [0.25, 0.3) is 0 Å². The molecular formula is C14H12BrF3N2. The van der Waals surface area contributed by atoms with Crippen LogP contribution in [0.2, 0.25) is 0 Å². The molecule has 0 unspecified atom stereocenters. The fraction of sp³-hybridized carbons (Fsp3) is 0.214. The third kappa shape index (κ3) is 3.72. The maximum Gasteiger partial charge on any atom is 0.416 e. The zero-order valence-electron chi connectivity index (χ0n) is 10.6. The van der Waals surface area contributed by atoms with E-state index in [-0.39, 0.29) is 0 Å². The van der Waals surface area contributed by atoms with Crippen molar-refractivity contribution in [1.29, 1.82) is 0 Å². The number of rotatable bonds is 3. The van der Waals surface area contributed by atoms with Crippen molar-refractivity contribution in [2.24, 2.45) is 0 Å². The van der Waals surface area contributed by atoms with Crippen LogP contribution in [0.3, 0.4) is 0 Å². The minimum absolute atomic E-state index is 0.314. The van der Waals surface area contributed by atoms with Gasteiger partial charge in [0.15, 0.2) is 0 Å². The molecule has 20 heavy (non-hydrogen) atoms. The zero-order chi connectivity index (χ0) is 14.8. The lowest BCUT2D eigenvalue weighted by atomic mass is 10.1. The first kappa shape index (κ1) is 14.8. The minimum atomic E-state index is -4.31. The van der Waals surface area contributed by atoms with Gasteiger partial charge in [-0.2, -0.15) is 13.2 Å². The van der Waals surface area contributed by atoms with E-state index in [1.54, 1.807) is 12.1 Å². The largest absolute Gasteiger partial charge is 0.416 e. The number of hydrogen-bond donors (Lipinski definition) is 1. The first-order chi connectivity index (χ1) is 9.36. The molecule has 1 aromatic carbocycles. The summed E-state index contributed by atoms with van der Waals surface area (Å²) >= 11 is 3.26. The van der Waals surface area contributed by atoms with Gasteiger partial charge in [-0.1, -0.05) is 12.1 Å². The van der Waals surface area contributed by atoms with E-state index in [9.17, 15) is 13.2 Å². The molecule has 1 heterocycles.